The highest BCUT2D eigenvalue weighted by atomic mass is 19.1. The van der Waals surface area contributed by atoms with Gasteiger partial charge >= 0.3 is 5.91 Å². The second-order valence-electron chi connectivity index (χ2n) is 3.96. The number of halogens is 1. The number of benzene rings is 2. The molecule has 0 bridgehead atoms. The fourth-order valence-corrected chi connectivity index (χ4v) is 2.03. The third-order valence-corrected chi connectivity index (χ3v) is 2.87. The second kappa shape index (κ2) is 3.77. The van der Waals surface area contributed by atoms with Gasteiger partial charge in [-0.15, -0.1) is 0 Å². The van der Waals surface area contributed by atoms with Crippen molar-refractivity contribution < 1.29 is 14.0 Å². The summed E-state index contributed by atoms with van der Waals surface area (Å²) in [6.45, 7) is 0. The summed E-state index contributed by atoms with van der Waals surface area (Å²) in [5, 5.41) is 0. The number of Topliss-reactive ketones (excluding diaryl/α,β-unsaturated/α-hetero) is 1. The van der Waals surface area contributed by atoms with Gasteiger partial charge in [0.25, 0.3) is 5.78 Å². The molecule has 0 spiro atoms. The van der Waals surface area contributed by atoms with Crippen LogP contribution in [0.15, 0.2) is 48.5 Å². The van der Waals surface area contributed by atoms with Crippen LogP contribution in [0.2, 0.25) is 0 Å². The molecule has 3 nitrogen and oxygen atoms in total. The Balaban J connectivity index is 2.16. The molecule has 3 rings (SSSR count). The van der Waals surface area contributed by atoms with Gasteiger partial charge in [-0.1, -0.05) is 12.1 Å². The Hall–Kier alpha value is -2.49. The van der Waals surface area contributed by atoms with Gasteiger partial charge in [0.2, 0.25) is 0 Å². The molecule has 1 amide bonds. The SMILES string of the molecule is O=C1C(=O)N(c2ccc(F)cc2)c2ccccc21. The molecule has 0 radical (unpaired) electrons. The number of fused-ring (bicyclic) bond motifs is 1. The van der Waals surface area contributed by atoms with E-state index in [9.17, 15) is 14.0 Å². The molecule has 88 valence electrons. The molecule has 0 fully saturated rings. The van der Waals surface area contributed by atoms with Gasteiger partial charge in [-0.25, -0.2) is 4.39 Å². The molecule has 0 N–H and O–H groups in total. The average molecular weight is 241 g/mol. The van der Waals surface area contributed by atoms with E-state index in [2.05, 4.69) is 0 Å². The number of rotatable bonds is 1. The summed E-state index contributed by atoms with van der Waals surface area (Å²) >= 11 is 0. The summed E-state index contributed by atoms with van der Waals surface area (Å²) < 4.78 is 12.9. The molecule has 0 atom stereocenters. The first kappa shape index (κ1) is 10.7. The summed E-state index contributed by atoms with van der Waals surface area (Å²) in [5.41, 5.74) is 1.41. The highest BCUT2D eigenvalue weighted by Gasteiger charge is 2.36. The van der Waals surface area contributed by atoms with Crippen molar-refractivity contribution in [1.82, 2.24) is 0 Å². The lowest BCUT2D eigenvalue weighted by atomic mass is 10.1. The number of para-hydroxylation sites is 1. The number of hydrogen-bond acceptors (Lipinski definition) is 2. The first-order valence-corrected chi connectivity index (χ1v) is 5.42. The highest BCUT2D eigenvalue weighted by Crippen LogP contribution is 2.34. The number of carbonyl (C=O) groups excluding carboxylic acids is 2. The van der Waals surface area contributed by atoms with E-state index in [1.54, 1.807) is 24.3 Å². The van der Waals surface area contributed by atoms with Crippen LogP contribution in [0.4, 0.5) is 15.8 Å². The molecule has 18 heavy (non-hydrogen) atoms. The van der Waals surface area contributed by atoms with Crippen molar-refractivity contribution in [2.45, 2.75) is 0 Å². The number of hydrogen-bond donors (Lipinski definition) is 0. The van der Waals surface area contributed by atoms with Crippen molar-refractivity contribution in [1.29, 1.82) is 0 Å². The van der Waals surface area contributed by atoms with Crippen LogP contribution in [0.5, 0.6) is 0 Å². The van der Waals surface area contributed by atoms with Gasteiger partial charge < -0.3 is 0 Å². The van der Waals surface area contributed by atoms with Crippen LogP contribution in [-0.4, -0.2) is 11.7 Å². The Kier molecular flexibility index (Phi) is 2.23. The quantitative estimate of drug-likeness (QED) is 0.720. The molecule has 1 heterocycles. The van der Waals surface area contributed by atoms with Crippen molar-refractivity contribution >= 4 is 23.1 Å². The van der Waals surface area contributed by atoms with Gasteiger partial charge in [-0.3, -0.25) is 14.5 Å². The van der Waals surface area contributed by atoms with E-state index in [1.165, 1.54) is 29.2 Å². The van der Waals surface area contributed by atoms with Crippen LogP contribution >= 0.6 is 0 Å². The van der Waals surface area contributed by atoms with E-state index in [0.717, 1.165) is 0 Å². The molecule has 1 aliphatic heterocycles. The van der Waals surface area contributed by atoms with Crippen molar-refractivity contribution in [3.8, 4) is 0 Å². The minimum absolute atomic E-state index is 0.381. The summed E-state index contributed by atoms with van der Waals surface area (Å²) in [6, 6.07) is 12.2. The summed E-state index contributed by atoms with van der Waals surface area (Å²) in [6.07, 6.45) is 0. The Morgan fingerprint density at radius 3 is 2.28 bits per heavy atom. The Morgan fingerprint density at radius 2 is 1.56 bits per heavy atom. The zero-order valence-electron chi connectivity index (χ0n) is 9.26. The van der Waals surface area contributed by atoms with Crippen LogP contribution in [-0.2, 0) is 4.79 Å². The lowest BCUT2D eigenvalue weighted by molar-refractivity contribution is -0.113. The maximum atomic E-state index is 12.9. The largest absolute Gasteiger partial charge is 0.304 e. The maximum absolute atomic E-state index is 12.9. The molecule has 0 saturated heterocycles. The predicted molar refractivity (Wildman–Crippen MR) is 64.3 cm³/mol. The monoisotopic (exact) mass is 241 g/mol. The molecule has 4 heteroatoms. The van der Waals surface area contributed by atoms with Gasteiger partial charge in [0.05, 0.1) is 11.3 Å². The van der Waals surface area contributed by atoms with Gasteiger partial charge in [-0.05, 0) is 36.4 Å². The van der Waals surface area contributed by atoms with E-state index >= 15 is 0 Å². The smallest absolute Gasteiger partial charge is 0.283 e. The number of carbonyl (C=O) groups is 2. The fourth-order valence-electron chi connectivity index (χ4n) is 2.03. The highest BCUT2D eigenvalue weighted by molar-refractivity contribution is 6.53. The molecule has 0 aliphatic carbocycles. The Morgan fingerprint density at radius 1 is 0.889 bits per heavy atom. The number of nitrogens with zero attached hydrogens (tertiary/aromatic N) is 1. The molecular formula is C14H8FNO2. The molecule has 0 aromatic heterocycles. The third-order valence-electron chi connectivity index (χ3n) is 2.87. The van der Waals surface area contributed by atoms with E-state index < -0.39 is 11.7 Å². The topological polar surface area (TPSA) is 37.4 Å². The zero-order valence-corrected chi connectivity index (χ0v) is 9.26. The minimum Gasteiger partial charge on any atom is -0.283 e. The minimum atomic E-state index is -0.609. The van der Waals surface area contributed by atoms with Crippen molar-refractivity contribution in [3.63, 3.8) is 0 Å². The Bertz CT molecular complexity index is 649. The van der Waals surface area contributed by atoms with Crippen molar-refractivity contribution in [2.75, 3.05) is 4.90 Å². The third kappa shape index (κ3) is 1.43. The van der Waals surface area contributed by atoms with E-state index in [4.69, 9.17) is 0 Å². The van der Waals surface area contributed by atoms with E-state index in [1.807, 2.05) is 0 Å². The summed E-state index contributed by atoms with van der Waals surface area (Å²) in [5.74, 6) is -1.53. The number of amides is 1. The van der Waals surface area contributed by atoms with Crippen molar-refractivity contribution in [3.05, 3.63) is 59.9 Å². The molecule has 2 aromatic rings. The standard InChI is InChI=1S/C14H8FNO2/c15-9-5-7-10(8-6-9)16-12-4-2-1-3-11(12)13(17)14(16)18/h1-8H. The van der Waals surface area contributed by atoms with Gasteiger partial charge in [0.15, 0.2) is 0 Å². The predicted octanol–water partition coefficient (Wildman–Crippen LogP) is 2.69. The van der Waals surface area contributed by atoms with Gasteiger partial charge in [0.1, 0.15) is 5.82 Å². The first-order valence-electron chi connectivity index (χ1n) is 5.42. The lowest BCUT2D eigenvalue weighted by Crippen LogP contribution is -2.24. The number of anilines is 2. The van der Waals surface area contributed by atoms with Crippen LogP contribution in [0, 0.1) is 5.82 Å². The van der Waals surface area contributed by atoms with Gasteiger partial charge in [0, 0.05) is 5.69 Å². The first-order chi connectivity index (χ1) is 8.68. The maximum Gasteiger partial charge on any atom is 0.304 e. The average Bonchev–Trinajstić information content (AvgIpc) is 2.64. The normalized spacial score (nSPS) is 13.9. The lowest BCUT2D eigenvalue weighted by Gasteiger charge is -2.16. The van der Waals surface area contributed by atoms with Crippen LogP contribution in [0.1, 0.15) is 10.4 Å². The molecular weight excluding hydrogens is 233 g/mol. The fraction of sp³-hybridized carbons (Fsp3) is 0. The van der Waals surface area contributed by atoms with Crippen LogP contribution < -0.4 is 4.90 Å². The molecule has 2 aromatic carbocycles. The van der Waals surface area contributed by atoms with E-state index in [-0.39, 0.29) is 5.82 Å². The Labute approximate surface area is 102 Å². The van der Waals surface area contributed by atoms with Gasteiger partial charge in [-0.2, -0.15) is 0 Å². The molecule has 1 aliphatic rings. The molecule has 0 saturated carbocycles. The van der Waals surface area contributed by atoms with Crippen LogP contribution in [0.3, 0.4) is 0 Å². The zero-order chi connectivity index (χ0) is 12.7. The molecule has 0 unspecified atom stereocenters. The summed E-state index contributed by atoms with van der Waals surface area (Å²) in [7, 11) is 0. The van der Waals surface area contributed by atoms with Crippen molar-refractivity contribution in [2.24, 2.45) is 0 Å². The summed E-state index contributed by atoms with van der Waals surface area (Å²) in [4.78, 5) is 25.0. The second-order valence-corrected chi connectivity index (χ2v) is 3.96. The van der Waals surface area contributed by atoms with E-state index in [0.29, 0.717) is 16.9 Å². The van der Waals surface area contributed by atoms with Crippen LogP contribution in [0.25, 0.3) is 0 Å². The number of ketones is 1.